The first-order valence-electron chi connectivity index (χ1n) is 6.68. The van der Waals surface area contributed by atoms with Crippen LogP contribution >= 0.6 is 0 Å². The Balaban J connectivity index is 2.19. The van der Waals surface area contributed by atoms with E-state index >= 15 is 0 Å². The van der Waals surface area contributed by atoms with Gasteiger partial charge in [-0.3, -0.25) is 4.90 Å². The molecule has 106 valence electrons. The van der Waals surface area contributed by atoms with E-state index in [-0.39, 0.29) is 11.6 Å². The molecule has 1 aliphatic rings. The number of methoxy groups -OCH3 is 2. The highest BCUT2D eigenvalue weighted by Gasteiger charge is 2.36. The maximum Gasteiger partial charge on any atom is 0.127 e. The molecule has 2 rings (SSSR count). The Hall–Kier alpha value is -1.26. The predicted molar refractivity (Wildman–Crippen MR) is 76.6 cm³/mol. The van der Waals surface area contributed by atoms with Crippen molar-refractivity contribution in [1.29, 1.82) is 0 Å². The van der Waals surface area contributed by atoms with E-state index in [4.69, 9.17) is 15.2 Å². The molecule has 1 unspecified atom stereocenters. The van der Waals surface area contributed by atoms with Crippen LogP contribution in [-0.4, -0.2) is 37.2 Å². The Kier molecular flexibility index (Phi) is 4.02. The van der Waals surface area contributed by atoms with E-state index in [1.54, 1.807) is 14.2 Å². The summed E-state index contributed by atoms with van der Waals surface area (Å²) in [5.74, 6) is 1.69. The van der Waals surface area contributed by atoms with E-state index < -0.39 is 0 Å². The fourth-order valence-electron chi connectivity index (χ4n) is 2.83. The van der Waals surface area contributed by atoms with Gasteiger partial charge in [-0.15, -0.1) is 0 Å². The zero-order valence-electron chi connectivity index (χ0n) is 12.3. The molecule has 0 spiro atoms. The summed E-state index contributed by atoms with van der Waals surface area (Å²) in [5, 5.41) is 0. The molecule has 4 nitrogen and oxygen atoms in total. The fourth-order valence-corrected chi connectivity index (χ4v) is 2.83. The second-order valence-electron chi connectivity index (χ2n) is 5.83. The summed E-state index contributed by atoms with van der Waals surface area (Å²) in [6.07, 6.45) is 1.03. The van der Waals surface area contributed by atoms with Gasteiger partial charge < -0.3 is 15.2 Å². The van der Waals surface area contributed by atoms with E-state index in [2.05, 4.69) is 24.8 Å². The molecular weight excluding hydrogens is 240 g/mol. The monoisotopic (exact) mass is 264 g/mol. The standard InChI is InChI=1S/C15H24N2O2/c1-15(2)8-12(16)10-17(15)9-11-5-6-13(18-3)7-14(11)19-4/h5-7,12H,8-10,16H2,1-4H3. The molecule has 1 aromatic carbocycles. The average Bonchev–Trinajstić information content (AvgIpc) is 2.62. The Labute approximate surface area is 115 Å². The topological polar surface area (TPSA) is 47.7 Å². The van der Waals surface area contributed by atoms with Crippen LogP contribution in [0.3, 0.4) is 0 Å². The molecule has 1 aliphatic heterocycles. The van der Waals surface area contributed by atoms with Gasteiger partial charge in [-0.1, -0.05) is 6.07 Å². The van der Waals surface area contributed by atoms with Gasteiger partial charge in [0.1, 0.15) is 11.5 Å². The van der Waals surface area contributed by atoms with Gasteiger partial charge in [0, 0.05) is 36.3 Å². The summed E-state index contributed by atoms with van der Waals surface area (Å²) in [7, 11) is 3.36. The molecule has 0 bridgehead atoms. The van der Waals surface area contributed by atoms with Crippen LogP contribution in [0, 0.1) is 0 Å². The predicted octanol–water partition coefficient (Wildman–Crippen LogP) is 2.02. The third-order valence-corrected chi connectivity index (χ3v) is 3.93. The molecule has 1 atom stereocenters. The van der Waals surface area contributed by atoms with E-state index in [9.17, 15) is 0 Å². The van der Waals surface area contributed by atoms with Gasteiger partial charge in [0.15, 0.2) is 0 Å². The highest BCUT2D eigenvalue weighted by molar-refractivity contribution is 5.40. The minimum Gasteiger partial charge on any atom is -0.497 e. The number of likely N-dealkylation sites (tertiary alicyclic amines) is 1. The number of hydrogen-bond donors (Lipinski definition) is 1. The van der Waals surface area contributed by atoms with Gasteiger partial charge in [0.25, 0.3) is 0 Å². The molecule has 0 aromatic heterocycles. The van der Waals surface area contributed by atoms with Crippen molar-refractivity contribution in [1.82, 2.24) is 4.90 Å². The van der Waals surface area contributed by atoms with E-state index in [0.29, 0.717) is 0 Å². The van der Waals surface area contributed by atoms with Crippen molar-refractivity contribution in [2.45, 2.75) is 38.4 Å². The Morgan fingerprint density at radius 2 is 2.05 bits per heavy atom. The summed E-state index contributed by atoms with van der Waals surface area (Å²) >= 11 is 0. The minimum absolute atomic E-state index is 0.143. The largest absolute Gasteiger partial charge is 0.497 e. The third kappa shape index (κ3) is 3.01. The lowest BCUT2D eigenvalue weighted by Crippen LogP contribution is -2.37. The van der Waals surface area contributed by atoms with Crippen LogP contribution in [0.2, 0.25) is 0 Å². The lowest BCUT2D eigenvalue weighted by atomic mass is 10.00. The van der Waals surface area contributed by atoms with Gasteiger partial charge in [-0.2, -0.15) is 0 Å². The lowest BCUT2D eigenvalue weighted by molar-refractivity contribution is 0.164. The number of rotatable bonds is 4. The van der Waals surface area contributed by atoms with Gasteiger partial charge in [-0.05, 0) is 26.3 Å². The quantitative estimate of drug-likeness (QED) is 0.904. The van der Waals surface area contributed by atoms with E-state index in [1.165, 1.54) is 5.56 Å². The number of nitrogens with two attached hydrogens (primary N) is 1. The molecule has 1 aromatic rings. The van der Waals surface area contributed by atoms with Crippen molar-refractivity contribution in [2.75, 3.05) is 20.8 Å². The minimum atomic E-state index is 0.143. The number of benzene rings is 1. The van der Waals surface area contributed by atoms with Crippen LogP contribution < -0.4 is 15.2 Å². The molecule has 4 heteroatoms. The van der Waals surface area contributed by atoms with E-state index in [1.807, 2.05) is 12.1 Å². The molecule has 19 heavy (non-hydrogen) atoms. The zero-order valence-corrected chi connectivity index (χ0v) is 12.3. The maximum atomic E-state index is 6.08. The summed E-state index contributed by atoms with van der Waals surface area (Å²) in [6.45, 7) is 6.28. The maximum absolute atomic E-state index is 6.08. The molecule has 0 saturated carbocycles. The van der Waals surface area contributed by atoms with Crippen LogP contribution in [0.15, 0.2) is 18.2 Å². The summed E-state index contributed by atoms with van der Waals surface area (Å²) in [5.41, 5.74) is 7.39. The van der Waals surface area contributed by atoms with Crippen LogP contribution in [-0.2, 0) is 6.54 Å². The lowest BCUT2D eigenvalue weighted by Gasteiger charge is -2.31. The smallest absolute Gasteiger partial charge is 0.127 e. The summed E-state index contributed by atoms with van der Waals surface area (Å²) < 4.78 is 10.7. The van der Waals surface area contributed by atoms with Gasteiger partial charge in [0.2, 0.25) is 0 Å². The zero-order chi connectivity index (χ0) is 14.0. The Morgan fingerprint density at radius 3 is 2.58 bits per heavy atom. The summed E-state index contributed by atoms with van der Waals surface area (Å²) in [4.78, 5) is 2.42. The van der Waals surface area contributed by atoms with Crippen LogP contribution in [0.1, 0.15) is 25.8 Å². The first kappa shape index (κ1) is 14.2. The second-order valence-corrected chi connectivity index (χ2v) is 5.83. The van der Waals surface area contributed by atoms with Crippen molar-refractivity contribution in [3.05, 3.63) is 23.8 Å². The van der Waals surface area contributed by atoms with Crippen molar-refractivity contribution in [2.24, 2.45) is 5.73 Å². The first-order valence-corrected chi connectivity index (χ1v) is 6.68. The average molecular weight is 264 g/mol. The highest BCUT2D eigenvalue weighted by Crippen LogP contribution is 2.32. The van der Waals surface area contributed by atoms with Crippen LogP contribution in [0.5, 0.6) is 11.5 Å². The highest BCUT2D eigenvalue weighted by atomic mass is 16.5. The first-order chi connectivity index (χ1) is 8.96. The second kappa shape index (κ2) is 5.39. The van der Waals surface area contributed by atoms with Crippen molar-refractivity contribution < 1.29 is 9.47 Å². The van der Waals surface area contributed by atoms with Crippen LogP contribution in [0.4, 0.5) is 0 Å². The van der Waals surface area contributed by atoms with Crippen molar-refractivity contribution in [3.8, 4) is 11.5 Å². The molecule has 0 radical (unpaired) electrons. The molecule has 1 fully saturated rings. The SMILES string of the molecule is COc1ccc(CN2CC(N)CC2(C)C)c(OC)c1. The molecule has 0 aliphatic carbocycles. The van der Waals surface area contributed by atoms with Crippen molar-refractivity contribution in [3.63, 3.8) is 0 Å². The Morgan fingerprint density at radius 1 is 1.32 bits per heavy atom. The number of hydrogen-bond acceptors (Lipinski definition) is 4. The van der Waals surface area contributed by atoms with Gasteiger partial charge >= 0.3 is 0 Å². The van der Waals surface area contributed by atoms with Gasteiger partial charge in [0.05, 0.1) is 14.2 Å². The Bertz CT molecular complexity index is 446. The fraction of sp³-hybridized carbons (Fsp3) is 0.600. The molecule has 1 saturated heterocycles. The normalized spacial score (nSPS) is 22.5. The number of ether oxygens (including phenoxy) is 2. The molecule has 1 heterocycles. The van der Waals surface area contributed by atoms with Crippen molar-refractivity contribution >= 4 is 0 Å². The third-order valence-electron chi connectivity index (χ3n) is 3.93. The molecular formula is C15H24N2O2. The number of nitrogens with zero attached hydrogens (tertiary/aromatic N) is 1. The summed E-state index contributed by atoms with van der Waals surface area (Å²) in [6, 6.07) is 6.23. The van der Waals surface area contributed by atoms with Gasteiger partial charge in [-0.25, -0.2) is 0 Å². The molecule has 0 amide bonds. The molecule has 2 N–H and O–H groups in total. The van der Waals surface area contributed by atoms with Crippen LogP contribution in [0.25, 0.3) is 0 Å². The van der Waals surface area contributed by atoms with E-state index in [0.717, 1.165) is 31.0 Å².